The molecule has 0 saturated heterocycles. The van der Waals surface area contributed by atoms with Crippen LogP contribution in [0.1, 0.15) is 26.8 Å². The first-order chi connectivity index (χ1) is 13.6. The molecule has 0 unspecified atom stereocenters. The summed E-state index contributed by atoms with van der Waals surface area (Å²) in [4.78, 5) is 29.9. The number of fused-ring (bicyclic) bond motifs is 1. The van der Waals surface area contributed by atoms with Gasteiger partial charge in [-0.1, -0.05) is 36.4 Å². The molecule has 4 aromatic rings. The van der Waals surface area contributed by atoms with Crippen LogP contribution in [0.25, 0.3) is 10.9 Å². The number of rotatable bonds is 5. The van der Waals surface area contributed by atoms with Crippen molar-refractivity contribution in [2.75, 3.05) is 7.05 Å². The summed E-state index contributed by atoms with van der Waals surface area (Å²) in [6.45, 7) is 0. The van der Waals surface area contributed by atoms with E-state index < -0.39 is 10.8 Å². The smallest absolute Gasteiger partial charge is 0.282 e. The lowest BCUT2D eigenvalue weighted by Crippen LogP contribution is -2.32. The first-order valence-electron chi connectivity index (χ1n) is 8.68. The van der Waals surface area contributed by atoms with E-state index >= 15 is 0 Å². The fourth-order valence-corrected chi connectivity index (χ4v) is 4.33. The van der Waals surface area contributed by atoms with E-state index in [1.165, 1.54) is 12.1 Å². The van der Waals surface area contributed by atoms with Crippen LogP contribution in [0.5, 0.6) is 0 Å². The minimum absolute atomic E-state index is 0.0800. The third-order valence-corrected chi connectivity index (χ3v) is 5.69. The van der Waals surface area contributed by atoms with Gasteiger partial charge in [-0.05, 0) is 23.6 Å². The number of amides is 1. The lowest BCUT2D eigenvalue weighted by atomic mass is 10.0. The van der Waals surface area contributed by atoms with Gasteiger partial charge in [0.1, 0.15) is 5.56 Å². The summed E-state index contributed by atoms with van der Waals surface area (Å²) in [5.41, 5.74) is 1.82. The number of carbonyl (C=O) groups is 1. The fraction of sp³-hybridized carbons (Fsp3) is 0.0952. The molecule has 0 spiro atoms. The third-order valence-electron chi connectivity index (χ3n) is 4.77. The van der Waals surface area contributed by atoms with Crippen LogP contribution < -0.4 is 0 Å². The average Bonchev–Trinajstić information content (AvgIpc) is 3.38. The van der Waals surface area contributed by atoms with Crippen molar-refractivity contribution in [1.29, 1.82) is 0 Å². The summed E-state index contributed by atoms with van der Waals surface area (Å²) >= 11 is 1.55. The fourth-order valence-electron chi connectivity index (χ4n) is 3.44. The number of nitrogens with one attached hydrogen (secondary N) is 1. The Morgan fingerprint density at radius 2 is 1.86 bits per heavy atom. The zero-order valence-electron chi connectivity index (χ0n) is 15.0. The van der Waals surface area contributed by atoms with Crippen LogP contribution in [0, 0.1) is 10.1 Å². The number of hydrogen-bond donors (Lipinski definition) is 1. The van der Waals surface area contributed by atoms with Crippen LogP contribution in [-0.4, -0.2) is 27.8 Å². The zero-order chi connectivity index (χ0) is 19.7. The molecule has 0 aliphatic rings. The molecule has 1 amide bonds. The molecule has 2 heterocycles. The maximum absolute atomic E-state index is 13.3. The number of H-pyrrole nitrogens is 1. The van der Waals surface area contributed by atoms with Gasteiger partial charge in [0.15, 0.2) is 0 Å². The van der Waals surface area contributed by atoms with E-state index in [2.05, 4.69) is 4.98 Å². The van der Waals surface area contributed by atoms with Crippen molar-refractivity contribution in [3.63, 3.8) is 0 Å². The standard InChI is InChI=1S/C21H17N3O3S/c1-23(21(25)15-8-3-5-10-18(15)24(26)27)20(19-11-6-12-28-19)16-13-22-17-9-4-2-7-14(16)17/h2-13,20,22H,1H3/t20-/m1/s1. The minimum Gasteiger partial charge on any atom is -0.361 e. The van der Waals surface area contributed by atoms with Crippen molar-refractivity contribution in [2.45, 2.75) is 6.04 Å². The first-order valence-corrected chi connectivity index (χ1v) is 9.56. The SMILES string of the molecule is CN(C(=O)c1ccccc1[N+](=O)[O-])[C@@H](c1cccs1)c1c[nH]c2ccccc12. The number of nitrogens with zero attached hydrogens (tertiary/aromatic N) is 2. The Kier molecular flexibility index (Phi) is 4.67. The molecule has 0 radical (unpaired) electrons. The number of para-hydroxylation sites is 2. The Morgan fingerprint density at radius 3 is 2.61 bits per heavy atom. The summed E-state index contributed by atoms with van der Waals surface area (Å²) in [5.74, 6) is -0.393. The van der Waals surface area contributed by atoms with Crippen molar-refractivity contribution in [1.82, 2.24) is 9.88 Å². The number of aromatic nitrogens is 1. The zero-order valence-corrected chi connectivity index (χ0v) is 15.8. The van der Waals surface area contributed by atoms with Gasteiger partial charge in [-0.2, -0.15) is 0 Å². The molecule has 0 aliphatic heterocycles. The van der Waals surface area contributed by atoms with Gasteiger partial charge in [0.05, 0.1) is 11.0 Å². The van der Waals surface area contributed by atoms with Crippen LogP contribution in [0.4, 0.5) is 5.69 Å². The van der Waals surface area contributed by atoms with Crippen LogP contribution in [-0.2, 0) is 0 Å². The molecule has 2 aromatic carbocycles. The van der Waals surface area contributed by atoms with E-state index in [-0.39, 0.29) is 17.3 Å². The van der Waals surface area contributed by atoms with E-state index in [0.717, 1.165) is 21.3 Å². The molecule has 7 heteroatoms. The second-order valence-electron chi connectivity index (χ2n) is 6.40. The summed E-state index contributed by atoms with van der Waals surface area (Å²) in [7, 11) is 1.69. The van der Waals surface area contributed by atoms with Crippen LogP contribution in [0.15, 0.2) is 72.2 Å². The van der Waals surface area contributed by atoms with Crippen molar-refractivity contribution in [2.24, 2.45) is 0 Å². The van der Waals surface area contributed by atoms with Crippen molar-refractivity contribution in [3.05, 3.63) is 98.4 Å². The highest BCUT2D eigenvalue weighted by molar-refractivity contribution is 7.10. The quantitative estimate of drug-likeness (QED) is 0.384. The average molecular weight is 391 g/mol. The maximum atomic E-state index is 13.3. The van der Waals surface area contributed by atoms with Crippen molar-refractivity contribution in [3.8, 4) is 0 Å². The summed E-state index contributed by atoms with van der Waals surface area (Å²) in [6, 6.07) is 17.5. The largest absolute Gasteiger partial charge is 0.361 e. The van der Waals surface area contributed by atoms with E-state index in [4.69, 9.17) is 0 Å². The molecule has 1 N–H and O–H groups in total. The lowest BCUT2D eigenvalue weighted by Gasteiger charge is -2.27. The molecule has 0 saturated carbocycles. The number of benzene rings is 2. The van der Waals surface area contributed by atoms with Gasteiger partial charge in [0.25, 0.3) is 11.6 Å². The van der Waals surface area contributed by atoms with Crippen molar-refractivity contribution >= 4 is 33.8 Å². The Bertz CT molecular complexity index is 1150. The number of aromatic amines is 1. The summed E-state index contributed by atoms with van der Waals surface area (Å²) in [5, 5.41) is 14.4. The Balaban J connectivity index is 1.82. The van der Waals surface area contributed by atoms with E-state index in [1.54, 1.807) is 35.4 Å². The normalized spacial score (nSPS) is 12.0. The van der Waals surface area contributed by atoms with E-state index in [0.29, 0.717) is 0 Å². The van der Waals surface area contributed by atoms with Gasteiger partial charge < -0.3 is 9.88 Å². The molecular formula is C21H17N3O3S. The number of hydrogen-bond acceptors (Lipinski definition) is 4. The maximum Gasteiger partial charge on any atom is 0.282 e. The predicted octanol–water partition coefficient (Wildman–Crippen LogP) is 5.00. The molecule has 6 nitrogen and oxygen atoms in total. The number of nitro groups is 1. The molecule has 140 valence electrons. The molecule has 0 aliphatic carbocycles. The van der Waals surface area contributed by atoms with Crippen LogP contribution >= 0.6 is 11.3 Å². The highest BCUT2D eigenvalue weighted by Crippen LogP contribution is 2.36. The van der Waals surface area contributed by atoms with E-state index in [9.17, 15) is 14.9 Å². The highest BCUT2D eigenvalue weighted by atomic mass is 32.1. The van der Waals surface area contributed by atoms with Crippen LogP contribution in [0.2, 0.25) is 0 Å². The van der Waals surface area contributed by atoms with E-state index in [1.807, 2.05) is 48.0 Å². The lowest BCUT2D eigenvalue weighted by molar-refractivity contribution is -0.385. The van der Waals surface area contributed by atoms with Gasteiger partial charge in [-0.3, -0.25) is 14.9 Å². The minimum atomic E-state index is -0.521. The summed E-state index contributed by atoms with van der Waals surface area (Å²) < 4.78 is 0. The monoisotopic (exact) mass is 391 g/mol. The van der Waals surface area contributed by atoms with Gasteiger partial charge in [-0.15, -0.1) is 11.3 Å². The Hall–Kier alpha value is -3.45. The third kappa shape index (κ3) is 3.05. The van der Waals surface area contributed by atoms with Gasteiger partial charge in [0, 0.05) is 40.7 Å². The second-order valence-corrected chi connectivity index (χ2v) is 7.38. The van der Waals surface area contributed by atoms with Gasteiger partial charge in [-0.25, -0.2) is 0 Å². The molecule has 0 bridgehead atoms. The summed E-state index contributed by atoms with van der Waals surface area (Å²) in [6.07, 6.45) is 1.90. The predicted molar refractivity (Wildman–Crippen MR) is 110 cm³/mol. The Labute approximate surface area is 165 Å². The van der Waals surface area contributed by atoms with Gasteiger partial charge in [0.2, 0.25) is 0 Å². The molecule has 2 aromatic heterocycles. The number of thiophene rings is 1. The molecular weight excluding hydrogens is 374 g/mol. The molecule has 0 fully saturated rings. The van der Waals surface area contributed by atoms with Crippen molar-refractivity contribution < 1.29 is 9.72 Å². The topological polar surface area (TPSA) is 79.2 Å². The molecule has 28 heavy (non-hydrogen) atoms. The molecule has 1 atom stereocenters. The first kappa shape index (κ1) is 17.9. The molecule has 4 rings (SSSR count). The van der Waals surface area contributed by atoms with Gasteiger partial charge >= 0.3 is 0 Å². The Morgan fingerprint density at radius 1 is 1.11 bits per heavy atom. The number of carbonyl (C=O) groups excluding carboxylic acids is 1. The van der Waals surface area contributed by atoms with Crippen LogP contribution in [0.3, 0.4) is 0 Å². The highest BCUT2D eigenvalue weighted by Gasteiger charge is 2.30. The number of nitro benzene ring substituents is 1. The second kappa shape index (κ2) is 7.28.